The third-order valence-corrected chi connectivity index (χ3v) is 5.38. The van der Waals surface area contributed by atoms with Gasteiger partial charge in [-0.15, -0.1) is 11.3 Å². The standard InChI is InChI=1S/C18H32N2S/c1-15(2)13-19-14-18-20-16-11-9-7-5-3-4-6-8-10-12-17(16)21-18/h15,19H,3-14H2,1-2H3. The average Bonchev–Trinajstić information content (AvgIpc) is 2.80. The molecule has 0 fully saturated rings. The molecule has 0 aromatic carbocycles. The van der Waals surface area contributed by atoms with E-state index >= 15 is 0 Å². The quantitative estimate of drug-likeness (QED) is 0.836. The topological polar surface area (TPSA) is 24.9 Å². The summed E-state index contributed by atoms with van der Waals surface area (Å²) in [6, 6.07) is 0. The fourth-order valence-corrected chi connectivity index (χ4v) is 4.14. The summed E-state index contributed by atoms with van der Waals surface area (Å²) in [5.74, 6) is 0.713. The second-order valence-electron chi connectivity index (χ2n) is 6.83. The van der Waals surface area contributed by atoms with E-state index in [0.717, 1.165) is 13.1 Å². The molecule has 2 nitrogen and oxygen atoms in total. The summed E-state index contributed by atoms with van der Waals surface area (Å²) < 4.78 is 0. The highest BCUT2D eigenvalue weighted by molar-refractivity contribution is 7.11. The molecule has 1 N–H and O–H groups in total. The Bertz CT molecular complexity index is 368. The number of fused-ring (bicyclic) bond motifs is 1. The fourth-order valence-electron chi connectivity index (χ4n) is 3.01. The summed E-state index contributed by atoms with van der Waals surface area (Å²) >= 11 is 1.96. The Kier molecular flexibility index (Phi) is 7.73. The predicted octanol–water partition coefficient (Wildman–Crippen LogP) is 5.11. The molecule has 0 bridgehead atoms. The van der Waals surface area contributed by atoms with Crippen LogP contribution in [-0.4, -0.2) is 11.5 Å². The Morgan fingerprint density at radius 1 is 0.952 bits per heavy atom. The molecule has 0 unspecified atom stereocenters. The molecule has 0 radical (unpaired) electrons. The summed E-state index contributed by atoms with van der Waals surface area (Å²) in [6.07, 6.45) is 13.7. The highest BCUT2D eigenvalue weighted by Crippen LogP contribution is 2.24. The van der Waals surface area contributed by atoms with Crippen LogP contribution in [0.1, 0.15) is 80.8 Å². The van der Waals surface area contributed by atoms with Crippen LogP contribution in [0.2, 0.25) is 0 Å². The minimum absolute atomic E-state index is 0.713. The molecule has 0 amide bonds. The van der Waals surface area contributed by atoms with E-state index in [1.54, 1.807) is 4.88 Å². The molecule has 0 aliphatic heterocycles. The smallest absolute Gasteiger partial charge is 0.107 e. The molecule has 120 valence electrons. The summed E-state index contributed by atoms with van der Waals surface area (Å²) in [7, 11) is 0. The van der Waals surface area contributed by atoms with E-state index in [4.69, 9.17) is 4.98 Å². The van der Waals surface area contributed by atoms with Crippen molar-refractivity contribution in [3.8, 4) is 0 Å². The van der Waals surface area contributed by atoms with Gasteiger partial charge in [-0.1, -0.05) is 52.4 Å². The van der Waals surface area contributed by atoms with Crippen LogP contribution in [0, 0.1) is 5.92 Å². The van der Waals surface area contributed by atoms with Gasteiger partial charge < -0.3 is 5.32 Å². The third kappa shape index (κ3) is 6.48. The van der Waals surface area contributed by atoms with Gasteiger partial charge in [0.2, 0.25) is 0 Å². The first-order chi connectivity index (χ1) is 10.3. The van der Waals surface area contributed by atoms with Crippen LogP contribution in [0.4, 0.5) is 0 Å². The van der Waals surface area contributed by atoms with Crippen LogP contribution in [-0.2, 0) is 19.4 Å². The first-order valence-corrected chi connectivity index (χ1v) is 9.75. The molecule has 0 saturated carbocycles. The van der Waals surface area contributed by atoms with E-state index in [1.165, 1.54) is 74.9 Å². The SMILES string of the molecule is CC(C)CNCc1nc2c(s1)CCCCCCCCCC2. The summed E-state index contributed by atoms with van der Waals surface area (Å²) in [5.41, 5.74) is 1.42. The third-order valence-electron chi connectivity index (χ3n) is 4.22. The lowest BCUT2D eigenvalue weighted by molar-refractivity contribution is 0.549. The van der Waals surface area contributed by atoms with Gasteiger partial charge in [0, 0.05) is 11.4 Å². The second-order valence-corrected chi connectivity index (χ2v) is 8.00. The van der Waals surface area contributed by atoms with Crippen LogP contribution in [0.3, 0.4) is 0 Å². The van der Waals surface area contributed by atoms with Crippen LogP contribution < -0.4 is 5.32 Å². The number of hydrogen-bond donors (Lipinski definition) is 1. The molecule has 1 aliphatic rings. The van der Waals surface area contributed by atoms with E-state index in [2.05, 4.69) is 19.2 Å². The number of aromatic nitrogens is 1. The van der Waals surface area contributed by atoms with Gasteiger partial charge in [0.15, 0.2) is 0 Å². The summed E-state index contributed by atoms with van der Waals surface area (Å²) in [5, 5.41) is 4.84. The normalized spacial score (nSPS) is 18.0. The van der Waals surface area contributed by atoms with Gasteiger partial charge in [-0.25, -0.2) is 4.98 Å². The highest BCUT2D eigenvalue weighted by Gasteiger charge is 2.11. The van der Waals surface area contributed by atoms with Crippen molar-refractivity contribution in [1.29, 1.82) is 0 Å². The Labute approximate surface area is 134 Å². The number of hydrogen-bond acceptors (Lipinski definition) is 3. The molecule has 0 atom stereocenters. The zero-order valence-electron chi connectivity index (χ0n) is 13.9. The van der Waals surface area contributed by atoms with Gasteiger partial charge in [-0.2, -0.15) is 0 Å². The van der Waals surface area contributed by atoms with E-state index in [-0.39, 0.29) is 0 Å². The molecule has 1 aliphatic carbocycles. The minimum atomic E-state index is 0.713. The lowest BCUT2D eigenvalue weighted by Gasteiger charge is -2.06. The molecule has 0 spiro atoms. The first-order valence-electron chi connectivity index (χ1n) is 8.94. The minimum Gasteiger partial charge on any atom is -0.310 e. The van der Waals surface area contributed by atoms with E-state index in [9.17, 15) is 0 Å². The second kappa shape index (κ2) is 9.58. The Morgan fingerprint density at radius 2 is 1.57 bits per heavy atom. The monoisotopic (exact) mass is 308 g/mol. The van der Waals surface area contributed by atoms with E-state index in [0.29, 0.717) is 5.92 Å². The lowest BCUT2D eigenvalue weighted by Crippen LogP contribution is -2.18. The van der Waals surface area contributed by atoms with Crippen LogP contribution in [0.25, 0.3) is 0 Å². The Balaban J connectivity index is 1.92. The molecule has 1 aromatic heterocycles. The van der Waals surface area contributed by atoms with Gasteiger partial charge in [-0.3, -0.25) is 0 Å². The van der Waals surface area contributed by atoms with Crippen molar-refractivity contribution >= 4 is 11.3 Å². The van der Waals surface area contributed by atoms with E-state index in [1.807, 2.05) is 11.3 Å². The summed E-state index contributed by atoms with van der Waals surface area (Å²) in [6.45, 7) is 6.56. The maximum Gasteiger partial charge on any atom is 0.107 e. The van der Waals surface area contributed by atoms with Gasteiger partial charge in [-0.05, 0) is 38.1 Å². The van der Waals surface area contributed by atoms with Crippen LogP contribution in [0.5, 0.6) is 0 Å². The Morgan fingerprint density at radius 3 is 2.24 bits per heavy atom. The van der Waals surface area contributed by atoms with Gasteiger partial charge in [0.25, 0.3) is 0 Å². The number of rotatable bonds is 4. The lowest BCUT2D eigenvalue weighted by atomic mass is 10.0. The van der Waals surface area contributed by atoms with Crippen LogP contribution >= 0.6 is 11.3 Å². The van der Waals surface area contributed by atoms with E-state index < -0.39 is 0 Å². The predicted molar refractivity (Wildman–Crippen MR) is 93.0 cm³/mol. The summed E-state index contributed by atoms with van der Waals surface area (Å²) in [4.78, 5) is 6.51. The average molecular weight is 309 g/mol. The highest BCUT2D eigenvalue weighted by atomic mass is 32.1. The Hall–Kier alpha value is -0.410. The fraction of sp³-hybridized carbons (Fsp3) is 0.833. The molecule has 21 heavy (non-hydrogen) atoms. The zero-order valence-corrected chi connectivity index (χ0v) is 14.7. The van der Waals surface area contributed by atoms with Crippen molar-refractivity contribution in [2.24, 2.45) is 5.92 Å². The number of aryl methyl sites for hydroxylation is 2. The van der Waals surface area contributed by atoms with Crippen molar-refractivity contribution < 1.29 is 0 Å². The van der Waals surface area contributed by atoms with Crippen molar-refractivity contribution in [1.82, 2.24) is 10.3 Å². The zero-order chi connectivity index (χ0) is 14.9. The van der Waals surface area contributed by atoms with Crippen molar-refractivity contribution in [2.45, 2.75) is 84.6 Å². The van der Waals surface area contributed by atoms with Crippen molar-refractivity contribution in [2.75, 3.05) is 6.54 Å². The largest absolute Gasteiger partial charge is 0.310 e. The van der Waals surface area contributed by atoms with Gasteiger partial charge in [0.05, 0.1) is 5.69 Å². The molecular formula is C18H32N2S. The molecule has 1 aromatic rings. The molecular weight excluding hydrogens is 276 g/mol. The molecule has 2 rings (SSSR count). The van der Waals surface area contributed by atoms with Gasteiger partial charge >= 0.3 is 0 Å². The number of nitrogens with zero attached hydrogens (tertiary/aromatic N) is 1. The maximum atomic E-state index is 4.93. The van der Waals surface area contributed by atoms with Crippen LogP contribution in [0.15, 0.2) is 0 Å². The first kappa shape index (κ1) is 17.0. The number of nitrogens with one attached hydrogen (secondary N) is 1. The van der Waals surface area contributed by atoms with Crippen molar-refractivity contribution in [3.05, 3.63) is 15.6 Å². The molecule has 3 heteroatoms. The van der Waals surface area contributed by atoms with Gasteiger partial charge in [0.1, 0.15) is 5.01 Å². The molecule has 1 heterocycles. The number of thiazole rings is 1. The van der Waals surface area contributed by atoms with Crippen molar-refractivity contribution in [3.63, 3.8) is 0 Å². The molecule has 0 saturated heterocycles. The maximum absolute atomic E-state index is 4.93.